The van der Waals surface area contributed by atoms with Crippen LogP contribution in [-0.2, 0) is 12.7 Å². The summed E-state index contributed by atoms with van der Waals surface area (Å²) in [6.45, 7) is -0.387. The van der Waals surface area contributed by atoms with Crippen LogP contribution in [0, 0.1) is 28.0 Å². The lowest BCUT2D eigenvalue weighted by atomic mass is 10.2. The van der Waals surface area contributed by atoms with Gasteiger partial charge in [-0.1, -0.05) is 12.1 Å². The summed E-state index contributed by atoms with van der Waals surface area (Å²) in [7, 11) is 0. The molecule has 0 atom stereocenters. The number of pyridine rings is 1. The maximum Gasteiger partial charge on any atom is 0.433 e. The van der Waals surface area contributed by atoms with Crippen molar-refractivity contribution >= 4 is 29.8 Å². The molecule has 0 aliphatic rings. The average Bonchev–Trinajstić information content (AvgIpc) is 3.19. The normalized spacial score (nSPS) is 10.4. The van der Waals surface area contributed by atoms with E-state index in [2.05, 4.69) is 15.4 Å². The third-order valence-corrected chi connectivity index (χ3v) is 3.95. The molecule has 3 rings (SSSR count). The molecule has 0 radical (unpaired) electrons. The van der Waals surface area contributed by atoms with Crippen LogP contribution in [-0.4, -0.2) is 33.1 Å². The minimum absolute atomic E-state index is 0.00763. The van der Waals surface area contributed by atoms with Gasteiger partial charge in [-0.3, -0.25) is 9.48 Å². The SMILES string of the molecule is N#Cc1cc(NC(=O)c2cnn(Cc3cccc(F)c3)c2C(F)(F)F)cnc1N.N=CC=N. The van der Waals surface area contributed by atoms with Crippen LogP contribution in [0.2, 0.25) is 0 Å². The molecule has 0 saturated carbocycles. The Bertz CT molecular complexity index is 1210. The Balaban J connectivity index is 0.000000890. The standard InChI is InChI=1S/C18H12F4N6O.C2H4N2/c19-12-3-1-2-10(4-12)9-28-15(18(20,21)22)14(8-26-28)17(29)27-13-5-11(6-23)16(24)25-7-13;3-1-2-4/h1-5,7-8H,9H2,(H2,24,25)(H,27,29);1-4H. The average molecular weight is 460 g/mol. The van der Waals surface area contributed by atoms with Gasteiger partial charge in [0.15, 0.2) is 5.69 Å². The van der Waals surface area contributed by atoms with Gasteiger partial charge in [0, 0.05) is 12.4 Å². The first-order valence-electron chi connectivity index (χ1n) is 8.94. The Hall–Kier alpha value is -4.60. The fraction of sp³-hybridized carbons (Fsp3) is 0.100. The minimum atomic E-state index is -4.90. The number of benzene rings is 1. The van der Waals surface area contributed by atoms with Crippen LogP contribution in [0.3, 0.4) is 0 Å². The van der Waals surface area contributed by atoms with Crippen LogP contribution in [0.25, 0.3) is 0 Å². The van der Waals surface area contributed by atoms with E-state index in [1.54, 1.807) is 6.07 Å². The highest BCUT2D eigenvalue weighted by Gasteiger charge is 2.40. The molecule has 9 nitrogen and oxygen atoms in total. The molecule has 0 aliphatic carbocycles. The molecule has 0 bridgehead atoms. The van der Waals surface area contributed by atoms with Crippen LogP contribution < -0.4 is 11.1 Å². The number of nitriles is 1. The Morgan fingerprint density at radius 2 is 1.94 bits per heavy atom. The first kappa shape index (κ1) is 24.7. The van der Waals surface area contributed by atoms with Crippen molar-refractivity contribution < 1.29 is 22.4 Å². The van der Waals surface area contributed by atoms with Crippen LogP contribution >= 0.6 is 0 Å². The molecule has 0 spiro atoms. The molecule has 1 amide bonds. The highest BCUT2D eigenvalue weighted by molar-refractivity contribution is 6.12. The molecule has 33 heavy (non-hydrogen) atoms. The summed E-state index contributed by atoms with van der Waals surface area (Å²) in [5.74, 6) is -1.78. The van der Waals surface area contributed by atoms with Gasteiger partial charge in [0.25, 0.3) is 5.91 Å². The molecular formula is C20H16F4N8O. The van der Waals surface area contributed by atoms with E-state index < -0.39 is 29.2 Å². The zero-order valence-electron chi connectivity index (χ0n) is 16.7. The summed E-state index contributed by atoms with van der Waals surface area (Å²) in [4.78, 5) is 16.1. The summed E-state index contributed by atoms with van der Waals surface area (Å²) in [5, 5.41) is 27.0. The van der Waals surface area contributed by atoms with E-state index >= 15 is 0 Å². The Morgan fingerprint density at radius 1 is 1.24 bits per heavy atom. The summed E-state index contributed by atoms with van der Waals surface area (Å²) in [5.41, 5.74) is 3.65. The molecular weight excluding hydrogens is 444 g/mol. The Morgan fingerprint density at radius 3 is 2.52 bits per heavy atom. The second-order valence-corrected chi connectivity index (χ2v) is 6.25. The molecule has 0 fully saturated rings. The summed E-state index contributed by atoms with van der Waals surface area (Å²) >= 11 is 0. The van der Waals surface area contributed by atoms with E-state index in [9.17, 15) is 22.4 Å². The maximum atomic E-state index is 13.6. The summed E-state index contributed by atoms with van der Waals surface area (Å²) < 4.78 is 54.7. The molecule has 13 heteroatoms. The number of nitrogen functional groups attached to an aromatic ring is 1. The fourth-order valence-electron chi connectivity index (χ4n) is 2.61. The van der Waals surface area contributed by atoms with Crippen molar-refractivity contribution in [2.45, 2.75) is 12.7 Å². The summed E-state index contributed by atoms with van der Waals surface area (Å²) in [6, 6.07) is 7.97. The van der Waals surface area contributed by atoms with Gasteiger partial charge in [-0.2, -0.15) is 23.5 Å². The first-order chi connectivity index (χ1) is 15.6. The van der Waals surface area contributed by atoms with Gasteiger partial charge >= 0.3 is 6.18 Å². The van der Waals surface area contributed by atoms with Crippen molar-refractivity contribution in [2.75, 3.05) is 11.1 Å². The fourth-order valence-corrected chi connectivity index (χ4v) is 2.61. The van der Waals surface area contributed by atoms with Gasteiger partial charge in [0.1, 0.15) is 17.7 Å². The van der Waals surface area contributed by atoms with Gasteiger partial charge < -0.3 is 21.9 Å². The second kappa shape index (κ2) is 10.6. The van der Waals surface area contributed by atoms with Gasteiger partial charge in [-0.05, 0) is 23.8 Å². The first-order valence-corrected chi connectivity index (χ1v) is 8.94. The number of carbonyl (C=O) groups is 1. The quantitative estimate of drug-likeness (QED) is 0.339. The van der Waals surface area contributed by atoms with Gasteiger partial charge in [-0.25, -0.2) is 9.37 Å². The van der Waals surface area contributed by atoms with E-state index in [4.69, 9.17) is 21.8 Å². The molecule has 0 aliphatic heterocycles. The van der Waals surface area contributed by atoms with Crippen molar-refractivity contribution in [3.8, 4) is 6.07 Å². The third-order valence-electron chi connectivity index (χ3n) is 3.95. The smallest absolute Gasteiger partial charge is 0.383 e. The molecule has 0 unspecified atom stereocenters. The number of amides is 1. The molecule has 3 aromatic rings. The summed E-state index contributed by atoms with van der Waals surface area (Å²) in [6.07, 6.45) is -1.18. The van der Waals surface area contributed by atoms with E-state index in [1.165, 1.54) is 18.2 Å². The topological polar surface area (TPSA) is 157 Å². The molecule has 2 heterocycles. The number of hydrogen-bond acceptors (Lipinski definition) is 7. The van der Waals surface area contributed by atoms with Gasteiger partial charge in [-0.15, -0.1) is 0 Å². The monoisotopic (exact) mass is 460 g/mol. The van der Waals surface area contributed by atoms with Crippen LogP contribution in [0.4, 0.5) is 29.1 Å². The maximum absolute atomic E-state index is 13.6. The number of nitrogens with zero attached hydrogens (tertiary/aromatic N) is 4. The Kier molecular flexibility index (Phi) is 7.94. The predicted octanol–water partition coefficient (Wildman–Crippen LogP) is 3.48. The number of hydrogen-bond donors (Lipinski definition) is 4. The van der Waals surface area contributed by atoms with E-state index in [0.717, 1.165) is 37.0 Å². The van der Waals surface area contributed by atoms with E-state index in [0.29, 0.717) is 4.68 Å². The lowest BCUT2D eigenvalue weighted by molar-refractivity contribution is -0.144. The number of anilines is 2. The zero-order chi connectivity index (χ0) is 24.6. The lowest BCUT2D eigenvalue weighted by Crippen LogP contribution is -2.21. The Labute approximate surface area is 184 Å². The number of nitrogens with one attached hydrogen (secondary N) is 3. The molecule has 0 saturated heterocycles. The van der Waals surface area contributed by atoms with Crippen molar-refractivity contribution in [2.24, 2.45) is 0 Å². The third kappa shape index (κ3) is 6.44. The molecule has 170 valence electrons. The minimum Gasteiger partial charge on any atom is -0.383 e. The molecule has 2 aromatic heterocycles. The number of carbonyl (C=O) groups excluding carboxylic acids is 1. The van der Waals surface area contributed by atoms with E-state index in [1.807, 2.05) is 0 Å². The molecule has 5 N–H and O–H groups in total. The number of nitrogens with two attached hydrogens (primary N) is 1. The predicted molar refractivity (Wildman–Crippen MR) is 112 cm³/mol. The van der Waals surface area contributed by atoms with Crippen molar-refractivity contribution in [3.05, 3.63) is 70.9 Å². The lowest BCUT2D eigenvalue weighted by Gasteiger charge is -2.13. The van der Waals surface area contributed by atoms with Crippen molar-refractivity contribution in [1.29, 1.82) is 16.1 Å². The molecule has 1 aromatic carbocycles. The number of halogens is 4. The highest BCUT2D eigenvalue weighted by atomic mass is 19.4. The van der Waals surface area contributed by atoms with E-state index in [-0.39, 0.29) is 29.2 Å². The number of alkyl halides is 3. The zero-order valence-corrected chi connectivity index (χ0v) is 16.7. The number of aromatic nitrogens is 3. The van der Waals surface area contributed by atoms with Crippen LogP contribution in [0.15, 0.2) is 42.7 Å². The van der Waals surface area contributed by atoms with Gasteiger partial charge in [0.05, 0.1) is 35.8 Å². The highest BCUT2D eigenvalue weighted by Crippen LogP contribution is 2.33. The van der Waals surface area contributed by atoms with Crippen LogP contribution in [0.5, 0.6) is 0 Å². The second-order valence-electron chi connectivity index (χ2n) is 6.25. The van der Waals surface area contributed by atoms with Crippen molar-refractivity contribution in [3.63, 3.8) is 0 Å². The van der Waals surface area contributed by atoms with Crippen LogP contribution in [0.1, 0.15) is 27.2 Å². The van der Waals surface area contributed by atoms with Crippen molar-refractivity contribution in [1.82, 2.24) is 14.8 Å². The largest absolute Gasteiger partial charge is 0.433 e. The van der Waals surface area contributed by atoms with Gasteiger partial charge in [0.2, 0.25) is 0 Å². The number of rotatable bonds is 5.